The van der Waals surface area contributed by atoms with Crippen LogP contribution in [0.15, 0.2) is 71.8 Å². The third kappa shape index (κ3) is 3.06. The van der Waals surface area contributed by atoms with Crippen molar-refractivity contribution in [1.82, 2.24) is 5.43 Å². The molecule has 0 unspecified atom stereocenters. The number of hydrogen-bond acceptors (Lipinski definition) is 3. The molecule has 0 saturated carbocycles. The van der Waals surface area contributed by atoms with Gasteiger partial charge in [0.05, 0.1) is 5.71 Å². The maximum Gasteiger partial charge on any atom is 0.271 e. The summed E-state index contributed by atoms with van der Waals surface area (Å²) in [6.45, 7) is 1.75. The summed E-state index contributed by atoms with van der Waals surface area (Å²) in [6, 6.07) is 20.2. The molecule has 0 heterocycles. The summed E-state index contributed by atoms with van der Waals surface area (Å²) in [5.74, 6) is -0.122. The highest BCUT2D eigenvalue weighted by atomic mass is 16.3. The molecule has 0 aliphatic carbocycles. The summed E-state index contributed by atoms with van der Waals surface area (Å²) >= 11 is 0. The Morgan fingerprint density at radius 1 is 0.957 bits per heavy atom. The van der Waals surface area contributed by atoms with Crippen LogP contribution in [0.2, 0.25) is 0 Å². The Labute approximate surface area is 134 Å². The molecule has 0 aromatic heterocycles. The van der Waals surface area contributed by atoms with Gasteiger partial charge in [-0.25, -0.2) is 5.43 Å². The van der Waals surface area contributed by atoms with Gasteiger partial charge >= 0.3 is 0 Å². The predicted octanol–water partition coefficient (Wildman–Crippen LogP) is 3.70. The van der Waals surface area contributed by atoms with Gasteiger partial charge in [0.25, 0.3) is 5.91 Å². The van der Waals surface area contributed by atoms with Gasteiger partial charge in [0.2, 0.25) is 0 Å². The highest BCUT2D eigenvalue weighted by molar-refractivity contribution is 6.07. The van der Waals surface area contributed by atoms with Crippen molar-refractivity contribution in [2.75, 3.05) is 0 Å². The number of hydrazone groups is 1. The minimum Gasteiger partial charge on any atom is -0.507 e. The molecular weight excluding hydrogens is 288 g/mol. The van der Waals surface area contributed by atoms with Gasteiger partial charge in [-0.15, -0.1) is 0 Å². The third-order valence-corrected chi connectivity index (χ3v) is 3.65. The van der Waals surface area contributed by atoms with Crippen molar-refractivity contribution >= 4 is 22.4 Å². The first kappa shape index (κ1) is 14.8. The van der Waals surface area contributed by atoms with Crippen LogP contribution in [0.25, 0.3) is 10.8 Å². The van der Waals surface area contributed by atoms with Gasteiger partial charge in [-0.05, 0) is 30.5 Å². The molecule has 4 heteroatoms. The summed E-state index contributed by atoms with van der Waals surface area (Å²) in [6.07, 6.45) is 0. The Bertz CT molecular complexity index is 886. The van der Waals surface area contributed by atoms with Crippen LogP contribution < -0.4 is 5.43 Å². The number of carbonyl (C=O) groups excluding carboxylic acids is 1. The molecule has 2 N–H and O–H groups in total. The second-order valence-corrected chi connectivity index (χ2v) is 5.19. The van der Waals surface area contributed by atoms with Crippen LogP contribution in [0.4, 0.5) is 0 Å². The van der Waals surface area contributed by atoms with Gasteiger partial charge in [-0.3, -0.25) is 4.79 Å². The standard InChI is InChI=1S/C19H16N2O2/c1-13(20-21-19(23)15-8-3-2-4-9-15)16-12-11-14-7-5-6-10-17(14)18(16)22/h2-12,22H,1H3,(H,21,23)/b20-13+. The number of rotatable bonds is 3. The molecule has 0 radical (unpaired) electrons. The van der Waals surface area contributed by atoms with E-state index in [1.807, 2.05) is 36.4 Å². The number of fused-ring (bicyclic) bond motifs is 1. The Kier molecular flexibility index (Phi) is 4.06. The summed E-state index contributed by atoms with van der Waals surface area (Å²) in [5, 5.41) is 16.2. The van der Waals surface area contributed by atoms with E-state index in [1.54, 1.807) is 37.3 Å². The average molecular weight is 304 g/mol. The van der Waals surface area contributed by atoms with E-state index in [2.05, 4.69) is 10.5 Å². The highest BCUT2D eigenvalue weighted by Gasteiger charge is 2.09. The van der Waals surface area contributed by atoms with Crippen molar-refractivity contribution in [3.05, 3.63) is 77.9 Å². The quantitative estimate of drug-likeness (QED) is 0.572. The smallest absolute Gasteiger partial charge is 0.271 e. The fraction of sp³-hybridized carbons (Fsp3) is 0.0526. The largest absolute Gasteiger partial charge is 0.507 e. The van der Waals surface area contributed by atoms with Crippen LogP contribution in [0, 0.1) is 0 Å². The molecule has 0 aliphatic rings. The molecule has 0 spiro atoms. The second-order valence-electron chi connectivity index (χ2n) is 5.19. The van der Waals surface area contributed by atoms with Crippen LogP contribution >= 0.6 is 0 Å². The van der Waals surface area contributed by atoms with Crippen LogP contribution in [-0.4, -0.2) is 16.7 Å². The van der Waals surface area contributed by atoms with Gasteiger partial charge in [-0.1, -0.05) is 48.5 Å². The fourth-order valence-electron chi connectivity index (χ4n) is 2.40. The van der Waals surface area contributed by atoms with E-state index in [1.165, 1.54) is 0 Å². The SMILES string of the molecule is C/C(=N\NC(=O)c1ccccc1)c1ccc2ccccc2c1O. The van der Waals surface area contributed by atoms with Gasteiger partial charge in [0, 0.05) is 16.5 Å². The molecule has 23 heavy (non-hydrogen) atoms. The number of hydrogen-bond donors (Lipinski definition) is 2. The van der Waals surface area contributed by atoms with E-state index in [-0.39, 0.29) is 11.7 Å². The number of amides is 1. The van der Waals surface area contributed by atoms with Crippen molar-refractivity contribution in [2.45, 2.75) is 6.92 Å². The zero-order valence-electron chi connectivity index (χ0n) is 12.7. The molecule has 114 valence electrons. The van der Waals surface area contributed by atoms with Crippen LogP contribution in [0.1, 0.15) is 22.8 Å². The summed E-state index contributed by atoms with van der Waals surface area (Å²) in [7, 11) is 0. The highest BCUT2D eigenvalue weighted by Crippen LogP contribution is 2.28. The maximum absolute atomic E-state index is 12.0. The summed E-state index contributed by atoms with van der Waals surface area (Å²) in [4.78, 5) is 12.0. The van der Waals surface area contributed by atoms with E-state index >= 15 is 0 Å². The molecule has 3 aromatic rings. The van der Waals surface area contributed by atoms with Gasteiger partial charge in [0.1, 0.15) is 5.75 Å². The van der Waals surface area contributed by atoms with Crippen molar-refractivity contribution in [1.29, 1.82) is 0 Å². The first-order valence-electron chi connectivity index (χ1n) is 7.27. The minimum atomic E-state index is -0.287. The first-order valence-corrected chi connectivity index (χ1v) is 7.27. The van der Waals surface area contributed by atoms with Crippen LogP contribution in [0.5, 0.6) is 5.75 Å². The van der Waals surface area contributed by atoms with Crippen molar-refractivity contribution in [3.63, 3.8) is 0 Å². The number of nitrogens with one attached hydrogen (secondary N) is 1. The molecule has 0 fully saturated rings. The van der Waals surface area contributed by atoms with Gasteiger partial charge in [0.15, 0.2) is 0 Å². The summed E-state index contributed by atoms with van der Waals surface area (Å²) in [5.41, 5.74) is 4.18. The minimum absolute atomic E-state index is 0.165. The Morgan fingerprint density at radius 2 is 1.65 bits per heavy atom. The average Bonchev–Trinajstić information content (AvgIpc) is 2.60. The van der Waals surface area contributed by atoms with Crippen molar-refractivity contribution in [2.24, 2.45) is 5.10 Å². The lowest BCUT2D eigenvalue weighted by molar-refractivity contribution is 0.0955. The molecule has 3 rings (SSSR count). The third-order valence-electron chi connectivity index (χ3n) is 3.65. The zero-order valence-corrected chi connectivity index (χ0v) is 12.7. The van der Waals surface area contributed by atoms with E-state index in [9.17, 15) is 9.90 Å². The number of carbonyl (C=O) groups is 1. The molecule has 0 aliphatic heterocycles. The van der Waals surface area contributed by atoms with Gasteiger partial charge < -0.3 is 5.11 Å². The van der Waals surface area contributed by atoms with Crippen LogP contribution in [0.3, 0.4) is 0 Å². The number of nitrogens with zero attached hydrogens (tertiary/aromatic N) is 1. The summed E-state index contributed by atoms with van der Waals surface area (Å²) < 4.78 is 0. The van der Waals surface area contributed by atoms with E-state index < -0.39 is 0 Å². The maximum atomic E-state index is 12.0. The zero-order chi connectivity index (χ0) is 16.2. The fourth-order valence-corrected chi connectivity index (χ4v) is 2.40. The van der Waals surface area contributed by atoms with Crippen molar-refractivity contribution < 1.29 is 9.90 Å². The Balaban J connectivity index is 1.87. The molecular formula is C19H16N2O2. The van der Waals surface area contributed by atoms with Crippen LogP contribution in [-0.2, 0) is 0 Å². The molecule has 4 nitrogen and oxygen atoms in total. The lowest BCUT2D eigenvalue weighted by Gasteiger charge is -2.08. The van der Waals surface area contributed by atoms with E-state index in [4.69, 9.17) is 0 Å². The Hall–Kier alpha value is -3.14. The number of phenolic OH excluding ortho intramolecular Hbond substituents is 1. The van der Waals surface area contributed by atoms with E-state index in [0.29, 0.717) is 16.8 Å². The van der Waals surface area contributed by atoms with Crippen molar-refractivity contribution in [3.8, 4) is 5.75 Å². The van der Waals surface area contributed by atoms with E-state index in [0.717, 1.165) is 10.8 Å². The second kappa shape index (κ2) is 6.32. The lowest BCUT2D eigenvalue weighted by Crippen LogP contribution is -2.19. The molecule has 0 atom stereocenters. The normalized spacial score (nSPS) is 11.4. The van der Waals surface area contributed by atoms with Gasteiger partial charge in [-0.2, -0.15) is 5.10 Å². The monoisotopic (exact) mass is 304 g/mol. The molecule has 0 bridgehead atoms. The number of aromatic hydroxyl groups is 1. The topological polar surface area (TPSA) is 61.7 Å². The molecule has 0 saturated heterocycles. The number of phenols is 1. The lowest BCUT2D eigenvalue weighted by atomic mass is 10.0. The predicted molar refractivity (Wildman–Crippen MR) is 91.7 cm³/mol. The first-order chi connectivity index (χ1) is 11.2. The molecule has 3 aromatic carbocycles. The molecule has 1 amide bonds. The number of benzene rings is 3. The Morgan fingerprint density at radius 3 is 2.43 bits per heavy atom.